The zero-order chi connectivity index (χ0) is 13.5. The Labute approximate surface area is 115 Å². The molecule has 0 spiro atoms. The van der Waals surface area contributed by atoms with E-state index >= 15 is 0 Å². The van der Waals surface area contributed by atoms with Crippen LogP contribution in [0.5, 0.6) is 0 Å². The van der Waals surface area contributed by atoms with Crippen LogP contribution in [0.15, 0.2) is 24.5 Å². The predicted octanol–water partition coefficient (Wildman–Crippen LogP) is 0.161. The van der Waals surface area contributed by atoms with Gasteiger partial charge in [-0.3, -0.25) is 9.59 Å². The lowest BCUT2D eigenvalue weighted by molar-refractivity contribution is -0.671. The van der Waals surface area contributed by atoms with Gasteiger partial charge in [-0.15, -0.1) is 0 Å². The number of carbonyl (C=O) groups excluding carboxylic acids is 2. The maximum Gasteiger partial charge on any atom is 0.253 e. The number of rotatable bonds is 5. The van der Waals surface area contributed by atoms with Crippen molar-refractivity contribution in [2.24, 2.45) is 7.05 Å². The van der Waals surface area contributed by atoms with Crippen LogP contribution in [0.25, 0.3) is 0 Å². The third kappa shape index (κ3) is 4.89. The molecular formula is C11H14Cl2N3O2+. The number of aromatic nitrogens is 1. The molecule has 0 fully saturated rings. The number of alkyl halides is 2. The lowest BCUT2D eigenvalue weighted by Crippen LogP contribution is -2.37. The molecule has 0 bridgehead atoms. The Morgan fingerprint density at radius 3 is 2.33 bits per heavy atom. The van der Waals surface area contributed by atoms with Crippen LogP contribution < -0.4 is 15.2 Å². The van der Waals surface area contributed by atoms with Crippen LogP contribution in [-0.2, 0) is 11.8 Å². The lowest BCUT2D eigenvalue weighted by atomic mass is 10.2. The van der Waals surface area contributed by atoms with E-state index in [2.05, 4.69) is 10.6 Å². The van der Waals surface area contributed by atoms with Crippen LogP contribution in [0.3, 0.4) is 0 Å². The molecular weight excluding hydrogens is 277 g/mol. The fraction of sp³-hybridized carbons (Fsp3) is 0.364. The molecule has 0 radical (unpaired) electrons. The molecule has 0 aliphatic rings. The van der Waals surface area contributed by atoms with Gasteiger partial charge in [-0.1, -0.05) is 23.2 Å². The van der Waals surface area contributed by atoms with Crippen LogP contribution in [0.4, 0.5) is 0 Å². The van der Waals surface area contributed by atoms with Crippen LogP contribution in [-0.4, -0.2) is 29.7 Å². The number of amides is 2. The summed E-state index contributed by atoms with van der Waals surface area (Å²) in [5, 5.41) is 5.14. The molecule has 0 aliphatic carbocycles. The summed E-state index contributed by atoms with van der Waals surface area (Å²) in [5.41, 5.74) is 0.562. The van der Waals surface area contributed by atoms with Crippen LogP contribution in [0.2, 0.25) is 0 Å². The summed E-state index contributed by atoms with van der Waals surface area (Å²) < 4.78 is 1.83. The van der Waals surface area contributed by atoms with Gasteiger partial charge in [-0.05, 0) is 0 Å². The molecule has 1 aromatic heterocycles. The van der Waals surface area contributed by atoms with Crippen molar-refractivity contribution >= 4 is 35.0 Å². The first-order valence-electron chi connectivity index (χ1n) is 5.30. The highest BCUT2D eigenvalue weighted by Crippen LogP contribution is 1.99. The number of hydrogen-bond acceptors (Lipinski definition) is 2. The topological polar surface area (TPSA) is 62.1 Å². The second kappa shape index (κ2) is 7.18. The summed E-state index contributed by atoms with van der Waals surface area (Å²) in [7, 11) is 1.87. The van der Waals surface area contributed by atoms with Crippen molar-refractivity contribution in [1.82, 2.24) is 10.6 Å². The van der Waals surface area contributed by atoms with E-state index in [4.69, 9.17) is 23.2 Å². The second-order valence-electron chi connectivity index (χ2n) is 3.60. The van der Waals surface area contributed by atoms with Crippen LogP contribution in [0.1, 0.15) is 10.4 Å². The first-order chi connectivity index (χ1) is 8.50. The first kappa shape index (κ1) is 14.7. The van der Waals surface area contributed by atoms with E-state index in [-0.39, 0.29) is 12.5 Å². The summed E-state index contributed by atoms with van der Waals surface area (Å²) in [4.78, 5) is 21.6. The Balaban J connectivity index is 2.29. The molecule has 0 unspecified atom stereocenters. The van der Waals surface area contributed by atoms with Crippen molar-refractivity contribution in [3.63, 3.8) is 0 Å². The third-order valence-electron chi connectivity index (χ3n) is 2.15. The summed E-state index contributed by atoms with van der Waals surface area (Å²) in [6.07, 6.45) is 3.56. The van der Waals surface area contributed by atoms with E-state index in [0.29, 0.717) is 12.1 Å². The summed E-state index contributed by atoms with van der Waals surface area (Å²) in [5.74, 6) is -0.669. The number of nitrogens with one attached hydrogen (secondary N) is 2. The van der Waals surface area contributed by atoms with Gasteiger partial charge in [-0.2, -0.15) is 0 Å². The predicted molar refractivity (Wildman–Crippen MR) is 68.5 cm³/mol. The minimum Gasteiger partial charge on any atom is -0.352 e. The minimum absolute atomic E-state index is 0.196. The normalized spacial score (nSPS) is 10.2. The largest absolute Gasteiger partial charge is 0.352 e. The van der Waals surface area contributed by atoms with Gasteiger partial charge >= 0.3 is 0 Å². The molecule has 2 amide bonds. The monoisotopic (exact) mass is 290 g/mol. The molecule has 0 atom stereocenters. The highest BCUT2D eigenvalue weighted by molar-refractivity contribution is 6.53. The minimum atomic E-state index is -1.09. The van der Waals surface area contributed by atoms with Gasteiger partial charge in [0, 0.05) is 25.2 Å². The molecule has 7 heteroatoms. The van der Waals surface area contributed by atoms with Crippen molar-refractivity contribution in [1.29, 1.82) is 0 Å². The van der Waals surface area contributed by atoms with Crippen molar-refractivity contribution in [2.75, 3.05) is 13.1 Å². The van der Waals surface area contributed by atoms with Crippen molar-refractivity contribution in [2.45, 2.75) is 4.84 Å². The van der Waals surface area contributed by atoms with E-state index in [1.807, 2.05) is 11.6 Å². The SMILES string of the molecule is C[n+]1ccc(C(=O)NCCNC(=O)C(Cl)Cl)cc1. The Morgan fingerprint density at radius 1 is 1.22 bits per heavy atom. The second-order valence-corrected chi connectivity index (χ2v) is 4.70. The molecule has 2 N–H and O–H groups in total. The highest BCUT2D eigenvalue weighted by atomic mass is 35.5. The fourth-order valence-corrected chi connectivity index (χ4v) is 1.35. The summed E-state index contributed by atoms with van der Waals surface area (Å²) >= 11 is 10.7. The van der Waals surface area contributed by atoms with Gasteiger partial charge in [-0.25, -0.2) is 4.57 Å². The molecule has 1 heterocycles. The highest BCUT2D eigenvalue weighted by Gasteiger charge is 2.10. The lowest BCUT2D eigenvalue weighted by Gasteiger charge is -2.06. The number of hydrogen-bond donors (Lipinski definition) is 2. The van der Waals surface area contributed by atoms with Crippen LogP contribution in [0, 0.1) is 0 Å². The van der Waals surface area contributed by atoms with Gasteiger partial charge < -0.3 is 10.6 Å². The first-order valence-corrected chi connectivity index (χ1v) is 6.17. The smallest absolute Gasteiger partial charge is 0.253 e. The summed E-state index contributed by atoms with van der Waals surface area (Å²) in [6, 6.07) is 3.42. The zero-order valence-electron chi connectivity index (χ0n) is 9.82. The van der Waals surface area contributed by atoms with Gasteiger partial charge in [0.05, 0.1) is 5.56 Å². The Kier molecular flexibility index (Phi) is 5.88. The molecule has 0 aliphatic heterocycles. The zero-order valence-corrected chi connectivity index (χ0v) is 11.3. The average Bonchev–Trinajstić information content (AvgIpc) is 2.34. The Bertz CT molecular complexity index is 421. The van der Waals surface area contributed by atoms with E-state index in [1.54, 1.807) is 24.5 Å². The van der Waals surface area contributed by atoms with Crippen molar-refractivity contribution < 1.29 is 14.2 Å². The number of pyridine rings is 1. The maximum atomic E-state index is 11.6. The molecule has 1 rings (SSSR count). The Morgan fingerprint density at radius 2 is 1.78 bits per heavy atom. The Hall–Kier alpha value is -1.33. The molecule has 18 heavy (non-hydrogen) atoms. The number of carbonyl (C=O) groups is 2. The van der Waals surface area contributed by atoms with E-state index in [1.165, 1.54) is 0 Å². The quantitative estimate of drug-likeness (QED) is 0.461. The van der Waals surface area contributed by atoms with Gasteiger partial charge in [0.15, 0.2) is 17.2 Å². The van der Waals surface area contributed by atoms with Gasteiger partial charge in [0.25, 0.3) is 11.8 Å². The van der Waals surface area contributed by atoms with Crippen LogP contribution >= 0.6 is 23.2 Å². The molecule has 98 valence electrons. The van der Waals surface area contributed by atoms with Crippen molar-refractivity contribution in [3.8, 4) is 0 Å². The van der Waals surface area contributed by atoms with Gasteiger partial charge in [0.2, 0.25) is 0 Å². The summed E-state index contributed by atoms with van der Waals surface area (Å²) in [6.45, 7) is 0.590. The van der Waals surface area contributed by atoms with E-state index in [0.717, 1.165) is 0 Å². The molecule has 5 nitrogen and oxygen atoms in total. The molecule has 1 aromatic rings. The molecule has 0 saturated carbocycles. The molecule has 0 saturated heterocycles. The van der Waals surface area contributed by atoms with Crippen molar-refractivity contribution in [3.05, 3.63) is 30.1 Å². The number of nitrogens with zero attached hydrogens (tertiary/aromatic N) is 1. The standard InChI is InChI=1S/C11H13Cl2N3O2/c1-16-6-2-8(3-7-16)10(17)14-4-5-15-11(18)9(12)13/h2-3,6-7,9H,4-5H2,1H3,(H-,14,15,17,18)/p+1. The molecule has 0 aromatic carbocycles. The average molecular weight is 291 g/mol. The maximum absolute atomic E-state index is 11.6. The fourth-order valence-electron chi connectivity index (χ4n) is 1.19. The third-order valence-corrected chi connectivity index (χ3v) is 2.55. The van der Waals surface area contributed by atoms with Gasteiger partial charge in [0.1, 0.15) is 7.05 Å². The number of aryl methyl sites for hydroxylation is 1. The van der Waals surface area contributed by atoms with E-state index in [9.17, 15) is 9.59 Å². The van der Waals surface area contributed by atoms with E-state index < -0.39 is 10.7 Å². The number of halogens is 2.